The fraction of sp³-hybridized carbons (Fsp3) is 0.190. The largest absolute Gasteiger partial charge is 0.457 e. The molecule has 0 fully saturated rings. The molecule has 50 heavy (non-hydrogen) atoms. The minimum atomic E-state index is -0.373. The van der Waals surface area contributed by atoms with E-state index in [9.17, 15) is 19.2 Å². The highest BCUT2D eigenvalue weighted by molar-refractivity contribution is 6.34. The highest BCUT2D eigenvalue weighted by Crippen LogP contribution is 2.54. The lowest BCUT2D eigenvalue weighted by Crippen LogP contribution is -2.29. The maximum atomic E-state index is 13.3. The lowest BCUT2D eigenvalue weighted by Gasteiger charge is -2.28. The highest BCUT2D eigenvalue weighted by atomic mass is 16.5. The van der Waals surface area contributed by atoms with Crippen LogP contribution in [0.25, 0.3) is 0 Å². The van der Waals surface area contributed by atoms with E-state index in [4.69, 9.17) is 9.47 Å². The van der Waals surface area contributed by atoms with Gasteiger partial charge in [0.2, 0.25) is 0 Å². The molecule has 0 saturated heterocycles. The number of benzene rings is 5. The molecule has 0 bridgehead atoms. The van der Waals surface area contributed by atoms with Gasteiger partial charge in [-0.2, -0.15) is 0 Å². The van der Waals surface area contributed by atoms with Crippen molar-refractivity contribution in [2.75, 3.05) is 11.9 Å². The van der Waals surface area contributed by atoms with Crippen molar-refractivity contribution >= 4 is 29.3 Å². The summed E-state index contributed by atoms with van der Waals surface area (Å²) in [6, 6.07) is 31.4. The third-order valence-electron chi connectivity index (χ3n) is 10.3. The molecule has 8 heteroatoms. The maximum Gasteiger partial charge on any atom is 0.266 e. The van der Waals surface area contributed by atoms with Crippen LogP contribution in [0.3, 0.4) is 0 Å². The fourth-order valence-electron chi connectivity index (χ4n) is 7.82. The van der Waals surface area contributed by atoms with Gasteiger partial charge < -0.3 is 9.47 Å². The minimum Gasteiger partial charge on any atom is -0.457 e. The van der Waals surface area contributed by atoms with Gasteiger partial charge in [0, 0.05) is 12.5 Å². The number of hydrogen-bond acceptors (Lipinski definition) is 6. The zero-order chi connectivity index (χ0) is 35.1. The van der Waals surface area contributed by atoms with E-state index in [2.05, 4.69) is 45.0 Å². The first kappa shape index (κ1) is 31.3. The Hall–Kier alpha value is -6.02. The summed E-state index contributed by atoms with van der Waals surface area (Å²) in [4.78, 5) is 53.7. The number of anilines is 1. The van der Waals surface area contributed by atoms with Gasteiger partial charge in [0.05, 0.1) is 27.9 Å². The van der Waals surface area contributed by atoms with E-state index in [-0.39, 0.29) is 34.5 Å². The van der Waals surface area contributed by atoms with Gasteiger partial charge in [-0.3, -0.25) is 24.1 Å². The Bertz CT molecular complexity index is 2310. The molecule has 5 aromatic carbocycles. The summed E-state index contributed by atoms with van der Waals surface area (Å²) < 4.78 is 12.5. The summed E-state index contributed by atoms with van der Waals surface area (Å²) in [5.74, 6) is 0.831. The second-order valence-corrected chi connectivity index (χ2v) is 14.2. The van der Waals surface area contributed by atoms with Crippen molar-refractivity contribution in [2.24, 2.45) is 0 Å². The highest BCUT2D eigenvalue weighted by Gasteiger charge is 2.46. The molecule has 8 rings (SSSR count). The quantitative estimate of drug-likeness (QED) is 0.169. The predicted octanol–water partition coefficient (Wildman–Crippen LogP) is 8.59. The van der Waals surface area contributed by atoms with Crippen molar-refractivity contribution in [3.05, 3.63) is 148 Å². The van der Waals surface area contributed by atoms with Gasteiger partial charge in [0.1, 0.15) is 23.0 Å². The van der Waals surface area contributed by atoms with Crippen LogP contribution >= 0.6 is 0 Å². The number of fused-ring (bicyclic) bond motifs is 3. The number of ether oxygens (including phenoxy) is 2. The Labute approximate surface area is 289 Å². The van der Waals surface area contributed by atoms with Crippen molar-refractivity contribution < 1.29 is 28.7 Å². The Kier molecular flexibility index (Phi) is 6.88. The third-order valence-corrected chi connectivity index (χ3v) is 10.3. The zero-order valence-corrected chi connectivity index (χ0v) is 28.4. The smallest absolute Gasteiger partial charge is 0.266 e. The third kappa shape index (κ3) is 4.82. The number of carbonyl (C=O) groups is 4. The maximum absolute atomic E-state index is 13.3. The van der Waals surface area contributed by atoms with Crippen LogP contribution in [-0.2, 0) is 10.8 Å². The molecule has 248 valence electrons. The van der Waals surface area contributed by atoms with E-state index in [1.54, 1.807) is 42.5 Å². The van der Waals surface area contributed by atoms with Gasteiger partial charge in [-0.1, -0.05) is 51.1 Å². The average molecular weight is 663 g/mol. The summed E-state index contributed by atoms with van der Waals surface area (Å²) in [6.45, 7) is 8.64. The van der Waals surface area contributed by atoms with Crippen LogP contribution in [0.2, 0.25) is 0 Å². The van der Waals surface area contributed by atoms with Crippen LogP contribution in [-0.4, -0.2) is 35.6 Å². The molecule has 2 heterocycles. The van der Waals surface area contributed by atoms with E-state index in [1.807, 2.05) is 43.3 Å². The summed E-state index contributed by atoms with van der Waals surface area (Å²) in [5.41, 5.74) is 5.97. The standard InChI is InChI=1S/C42H34N2O6/c1-24-7-6-8-26(19-24)44-39(47)32-17-14-28(21-34(32)40(44)48)49-27-11-9-25(10-12-27)42(4)23-41(2,3)35-18-15-30(22-36(35)42)50-29-13-16-31-33(20-29)38(46)43(5)37(31)45/h6-22H,23H2,1-5H3/t42-/m1/s1. The number of amides is 4. The first-order valence-electron chi connectivity index (χ1n) is 16.5. The topological polar surface area (TPSA) is 93.2 Å². The first-order valence-corrected chi connectivity index (χ1v) is 16.5. The SMILES string of the molecule is Cc1cccc(N2C(=O)c3ccc(Oc4ccc([C@@]5(C)CC(C)(C)c6ccc(Oc7ccc8c(c7)C(=O)N(C)C8=O)cc65)cc4)cc3C2=O)c1. The molecule has 0 radical (unpaired) electrons. The van der Waals surface area contributed by atoms with Gasteiger partial charge >= 0.3 is 0 Å². The lowest BCUT2D eigenvalue weighted by molar-refractivity contribution is 0.0692. The summed E-state index contributed by atoms with van der Waals surface area (Å²) >= 11 is 0. The predicted molar refractivity (Wildman–Crippen MR) is 189 cm³/mol. The van der Waals surface area contributed by atoms with Crippen molar-refractivity contribution in [2.45, 2.75) is 44.9 Å². The van der Waals surface area contributed by atoms with Crippen LogP contribution in [0.1, 0.15) is 90.9 Å². The molecule has 5 aromatic rings. The molecule has 0 spiro atoms. The van der Waals surface area contributed by atoms with Crippen LogP contribution < -0.4 is 14.4 Å². The number of rotatable bonds is 6. The molecule has 1 aliphatic carbocycles. The zero-order valence-electron chi connectivity index (χ0n) is 28.4. The Morgan fingerprint density at radius 1 is 0.560 bits per heavy atom. The van der Waals surface area contributed by atoms with E-state index < -0.39 is 0 Å². The molecule has 0 aromatic heterocycles. The first-order chi connectivity index (χ1) is 23.8. The molecule has 3 aliphatic rings. The molecular weight excluding hydrogens is 628 g/mol. The van der Waals surface area contributed by atoms with Gasteiger partial charge in [0.15, 0.2) is 0 Å². The molecule has 1 atom stereocenters. The monoisotopic (exact) mass is 662 g/mol. The molecule has 4 amide bonds. The number of nitrogens with zero attached hydrogens (tertiary/aromatic N) is 2. The number of imide groups is 2. The van der Waals surface area contributed by atoms with E-state index in [0.29, 0.717) is 50.9 Å². The molecule has 0 saturated carbocycles. The number of hydrogen-bond donors (Lipinski definition) is 0. The molecule has 0 N–H and O–H groups in total. The van der Waals surface area contributed by atoms with E-state index >= 15 is 0 Å². The molecule has 0 unspecified atom stereocenters. The minimum absolute atomic E-state index is 0.0938. The van der Waals surface area contributed by atoms with Gasteiger partial charge in [-0.15, -0.1) is 0 Å². The summed E-state index contributed by atoms with van der Waals surface area (Å²) in [6.07, 6.45) is 0.874. The lowest BCUT2D eigenvalue weighted by atomic mass is 9.75. The fourth-order valence-corrected chi connectivity index (χ4v) is 7.82. The summed E-state index contributed by atoms with van der Waals surface area (Å²) in [5, 5.41) is 0. The number of aryl methyl sites for hydroxylation is 1. The Morgan fingerprint density at radius 3 is 1.78 bits per heavy atom. The second kappa shape index (κ2) is 11.0. The van der Waals surface area contributed by atoms with Crippen LogP contribution in [0.4, 0.5) is 5.69 Å². The van der Waals surface area contributed by atoms with Crippen molar-refractivity contribution in [1.82, 2.24) is 4.90 Å². The van der Waals surface area contributed by atoms with Crippen LogP contribution in [0, 0.1) is 6.92 Å². The van der Waals surface area contributed by atoms with Crippen molar-refractivity contribution in [3.63, 3.8) is 0 Å². The normalized spacial score (nSPS) is 18.7. The average Bonchev–Trinajstić information content (AvgIpc) is 3.56. The van der Waals surface area contributed by atoms with Crippen LogP contribution in [0.5, 0.6) is 23.0 Å². The van der Waals surface area contributed by atoms with Crippen LogP contribution in [0.15, 0.2) is 103 Å². The van der Waals surface area contributed by atoms with Gasteiger partial charge in [-0.25, -0.2) is 4.90 Å². The summed E-state index contributed by atoms with van der Waals surface area (Å²) in [7, 11) is 1.48. The van der Waals surface area contributed by atoms with E-state index in [1.165, 1.54) is 17.5 Å². The van der Waals surface area contributed by atoms with Crippen molar-refractivity contribution in [1.29, 1.82) is 0 Å². The molecule has 2 aliphatic heterocycles. The van der Waals surface area contributed by atoms with Crippen molar-refractivity contribution in [3.8, 4) is 23.0 Å². The molecular formula is C42H34N2O6. The van der Waals surface area contributed by atoms with E-state index in [0.717, 1.165) is 28.0 Å². The Balaban J connectivity index is 1.04. The molecule has 8 nitrogen and oxygen atoms in total. The van der Waals surface area contributed by atoms with Gasteiger partial charge in [-0.05, 0) is 114 Å². The Morgan fingerprint density at radius 2 is 1.10 bits per heavy atom. The second-order valence-electron chi connectivity index (χ2n) is 14.2. The van der Waals surface area contributed by atoms with Gasteiger partial charge in [0.25, 0.3) is 23.6 Å². The number of carbonyl (C=O) groups excluding carboxylic acids is 4.